The number of alkyl halides is 3. The largest absolute Gasteiger partial charge is 0.488 e. The molecule has 2 aliphatic heterocycles. The maximum absolute atomic E-state index is 14.9. The number of carbonyl (C=O) groups excluding carboxylic acids is 1. The van der Waals surface area contributed by atoms with Crippen molar-refractivity contribution in [3.8, 4) is 22.8 Å². The summed E-state index contributed by atoms with van der Waals surface area (Å²) in [6.45, 7) is 7.29. The van der Waals surface area contributed by atoms with Gasteiger partial charge in [0.25, 0.3) is 0 Å². The SMILES string of the molecule is CCOC(=O)[C@@H]1CC2(CCN(c3cc(O[C@H](c4ccc(Cl)cc4-c4ccc(OC(C)C)c(F)c4)C(F)(F)F)nc(N)n3)CC2)CN1. The first-order valence-corrected chi connectivity index (χ1v) is 15.4. The Hall–Kier alpha value is -3.84. The van der Waals surface area contributed by atoms with Crippen LogP contribution in [0.3, 0.4) is 0 Å². The fourth-order valence-corrected chi connectivity index (χ4v) is 6.19. The molecule has 0 bridgehead atoms. The summed E-state index contributed by atoms with van der Waals surface area (Å²) in [4.78, 5) is 22.4. The smallest absolute Gasteiger partial charge is 0.429 e. The third kappa shape index (κ3) is 7.58. The zero-order valence-electron chi connectivity index (χ0n) is 25.7. The van der Waals surface area contributed by atoms with Crippen molar-refractivity contribution in [2.24, 2.45) is 5.41 Å². The highest BCUT2D eigenvalue weighted by Crippen LogP contribution is 2.44. The summed E-state index contributed by atoms with van der Waals surface area (Å²) >= 11 is 6.19. The Morgan fingerprint density at radius 2 is 1.87 bits per heavy atom. The standard InChI is InChI=1S/C32H36ClF4N5O4/c1-4-44-29(43)24-16-31(17-39-24)9-11-42(12-10-31)26-15-27(41-30(38)40-26)46-28(32(35,36)37)21-7-6-20(33)14-22(21)19-5-8-25(23(34)13-19)45-18(2)3/h5-8,13-15,18,24,28,39H,4,9-12,16-17H2,1-3H3,(H2,38,40,41)/t24-,28+/m0/s1. The average Bonchev–Trinajstić information content (AvgIpc) is 3.40. The molecule has 14 heteroatoms. The molecule has 3 heterocycles. The van der Waals surface area contributed by atoms with Crippen LogP contribution in [-0.4, -0.2) is 60.5 Å². The molecule has 3 N–H and O–H groups in total. The van der Waals surface area contributed by atoms with Crippen molar-refractivity contribution in [2.75, 3.05) is 36.9 Å². The zero-order chi connectivity index (χ0) is 33.2. The molecule has 0 amide bonds. The molecule has 3 aromatic rings. The van der Waals surface area contributed by atoms with Crippen LogP contribution in [0.5, 0.6) is 11.6 Å². The molecule has 0 radical (unpaired) electrons. The molecule has 46 heavy (non-hydrogen) atoms. The number of aromatic nitrogens is 2. The minimum atomic E-state index is -4.90. The van der Waals surface area contributed by atoms with Crippen molar-refractivity contribution in [2.45, 2.75) is 64.5 Å². The summed E-state index contributed by atoms with van der Waals surface area (Å²) in [5.41, 5.74) is 5.74. The van der Waals surface area contributed by atoms with Crippen LogP contribution in [0.15, 0.2) is 42.5 Å². The van der Waals surface area contributed by atoms with E-state index in [1.807, 2.05) is 4.90 Å². The minimum absolute atomic E-state index is 0.0263. The number of hydrogen-bond acceptors (Lipinski definition) is 9. The van der Waals surface area contributed by atoms with Crippen LogP contribution in [0, 0.1) is 11.2 Å². The van der Waals surface area contributed by atoms with Crippen molar-refractivity contribution >= 4 is 29.3 Å². The second kappa shape index (κ2) is 13.5. The molecule has 248 valence electrons. The maximum atomic E-state index is 14.9. The van der Waals surface area contributed by atoms with Gasteiger partial charge >= 0.3 is 12.1 Å². The lowest BCUT2D eigenvalue weighted by molar-refractivity contribution is -0.198. The Bertz CT molecular complexity index is 1570. The molecule has 0 saturated carbocycles. The molecular weight excluding hydrogens is 630 g/mol. The van der Waals surface area contributed by atoms with E-state index in [-0.39, 0.29) is 62.8 Å². The summed E-state index contributed by atoms with van der Waals surface area (Å²) in [5, 5.41) is 3.42. The van der Waals surface area contributed by atoms with Crippen LogP contribution in [0.1, 0.15) is 51.7 Å². The third-order valence-corrected chi connectivity index (χ3v) is 8.46. The highest BCUT2D eigenvalue weighted by atomic mass is 35.5. The van der Waals surface area contributed by atoms with Crippen LogP contribution in [0.2, 0.25) is 5.02 Å². The number of nitrogens with zero attached hydrogens (tertiary/aromatic N) is 3. The van der Waals surface area contributed by atoms with E-state index in [1.54, 1.807) is 20.8 Å². The van der Waals surface area contributed by atoms with Gasteiger partial charge in [-0.15, -0.1) is 0 Å². The lowest BCUT2D eigenvalue weighted by Crippen LogP contribution is -2.41. The lowest BCUT2D eigenvalue weighted by atomic mass is 9.76. The van der Waals surface area contributed by atoms with Crippen molar-refractivity contribution in [1.82, 2.24) is 15.3 Å². The molecule has 1 aromatic heterocycles. The monoisotopic (exact) mass is 665 g/mol. The molecule has 2 saturated heterocycles. The number of anilines is 2. The maximum Gasteiger partial charge on any atom is 0.429 e. The van der Waals surface area contributed by atoms with Gasteiger partial charge in [0.15, 0.2) is 11.6 Å². The number of halogens is 5. The summed E-state index contributed by atoms with van der Waals surface area (Å²) < 4.78 is 75.0. The van der Waals surface area contributed by atoms with E-state index in [4.69, 9.17) is 31.5 Å². The average molecular weight is 666 g/mol. The van der Waals surface area contributed by atoms with Gasteiger partial charge in [0.2, 0.25) is 17.9 Å². The van der Waals surface area contributed by atoms with E-state index >= 15 is 0 Å². The quantitative estimate of drug-likeness (QED) is 0.195. The molecule has 2 aromatic carbocycles. The molecule has 9 nitrogen and oxygen atoms in total. The molecule has 1 spiro atoms. The summed E-state index contributed by atoms with van der Waals surface area (Å²) in [7, 11) is 0. The van der Waals surface area contributed by atoms with Crippen molar-refractivity contribution in [1.29, 1.82) is 0 Å². The Morgan fingerprint density at radius 3 is 2.52 bits per heavy atom. The van der Waals surface area contributed by atoms with E-state index in [0.29, 0.717) is 38.5 Å². The van der Waals surface area contributed by atoms with Crippen molar-refractivity contribution < 1.29 is 36.6 Å². The molecule has 2 aliphatic rings. The predicted octanol–water partition coefficient (Wildman–Crippen LogP) is 6.50. The number of nitrogens with two attached hydrogens (primary N) is 1. The molecule has 5 rings (SSSR count). The van der Waals surface area contributed by atoms with Crippen molar-refractivity contribution in [3.05, 3.63) is 58.9 Å². The zero-order valence-corrected chi connectivity index (χ0v) is 26.4. The topological polar surface area (TPSA) is 112 Å². The summed E-state index contributed by atoms with van der Waals surface area (Å²) in [6, 6.07) is 8.71. The van der Waals surface area contributed by atoms with Gasteiger partial charge < -0.3 is 30.2 Å². The predicted molar refractivity (Wildman–Crippen MR) is 165 cm³/mol. The van der Waals surface area contributed by atoms with E-state index in [0.717, 1.165) is 18.9 Å². The van der Waals surface area contributed by atoms with Gasteiger partial charge in [0, 0.05) is 36.3 Å². The number of nitrogen functional groups attached to an aromatic ring is 1. The number of esters is 1. The van der Waals surface area contributed by atoms with Crippen LogP contribution < -0.4 is 25.4 Å². The van der Waals surface area contributed by atoms with E-state index < -0.39 is 18.1 Å². The fraction of sp³-hybridized carbons (Fsp3) is 0.469. The Balaban J connectivity index is 1.39. The van der Waals surface area contributed by atoms with Gasteiger partial charge in [-0.1, -0.05) is 23.7 Å². The fourth-order valence-electron chi connectivity index (χ4n) is 6.02. The van der Waals surface area contributed by atoms with Gasteiger partial charge in [-0.25, -0.2) is 4.39 Å². The van der Waals surface area contributed by atoms with Crippen LogP contribution in [-0.2, 0) is 9.53 Å². The summed E-state index contributed by atoms with van der Waals surface area (Å²) in [5.74, 6) is -1.33. The number of benzene rings is 2. The molecule has 2 atom stereocenters. The van der Waals surface area contributed by atoms with Gasteiger partial charge in [-0.2, -0.15) is 23.1 Å². The summed E-state index contributed by atoms with van der Waals surface area (Å²) in [6.07, 6.45) is -5.59. The number of rotatable bonds is 9. The third-order valence-electron chi connectivity index (χ3n) is 8.23. The Labute approximate surface area is 269 Å². The molecule has 0 unspecified atom stereocenters. The highest BCUT2D eigenvalue weighted by molar-refractivity contribution is 6.30. The van der Waals surface area contributed by atoms with Crippen LogP contribution in [0.25, 0.3) is 11.1 Å². The number of piperidine rings is 1. The Morgan fingerprint density at radius 1 is 1.13 bits per heavy atom. The second-order valence-corrected chi connectivity index (χ2v) is 12.3. The molecular formula is C32H36ClF4N5O4. The first-order valence-electron chi connectivity index (χ1n) is 15.1. The van der Waals surface area contributed by atoms with E-state index in [9.17, 15) is 22.4 Å². The van der Waals surface area contributed by atoms with Gasteiger partial charge in [0.05, 0.1) is 12.7 Å². The lowest BCUT2D eigenvalue weighted by Gasteiger charge is -2.39. The van der Waals surface area contributed by atoms with E-state index in [2.05, 4.69) is 15.3 Å². The number of hydrogen-bond donors (Lipinski definition) is 2. The first kappa shape index (κ1) is 33.5. The molecule has 0 aliphatic carbocycles. The molecule has 2 fully saturated rings. The number of carbonyl (C=O) groups is 1. The highest BCUT2D eigenvalue weighted by Gasteiger charge is 2.46. The first-order chi connectivity index (χ1) is 21.8. The number of nitrogens with one attached hydrogen (secondary N) is 1. The van der Waals surface area contributed by atoms with Crippen molar-refractivity contribution in [3.63, 3.8) is 0 Å². The van der Waals surface area contributed by atoms with Crippen LogP contribution in [0.4, 0.5) is 29.3 Å². The van der Waals surface area contributed by atoms with E-state index in [1.165, 1.54) is 36.4 Å². The second-order valence-electron chi connectivity index (χ2n) is 11.9. The minimum Gasteiger partial charge on any atom is -0.488 e. The van der Waals surface area contributed by atoms with Gasteiger partial charge in [-0.3, -0.25) is 4.79 Å². The Kier molecular flexibility index (Phi) is 9.83. The van der Waals surface area contributed by atoms with Gasteiger partial charge in [0.1, 0.15) is 11.9 Å². The van der Waals surface area contributed by atoms with Gasteiger partial charge in [-0.05, 0) is 80.8 Å². The number of ether oxygens (including phenoxy) is 3. The van der Waals surface area contributed by atoms with Crippen LogP contribution >= 0.6 is 11.6 Å². The normalized spacial score (nSPS) is 18.5.